The van der Waals surface area contributed by atoms with Gasteiger partial charge in [0.2, 0.25) is 0 Å². The third kappa shape index (κ3) is 3.69. The van der Waals surface area contributed by atoms with Crippen molar-refractivity contribution in [1.29, 1.82) is 5.26 Å². The predicted molar refractivity (Wildman–Crippen MR) is 72.0 cm³/mol. The molecule has 21 heavy (non-hydrogen) atoms. The lowest BCUT2D eigenvalue weighted by Gasteiger charge is -2.13. The van der Waals surface area contributed by atoms with Crippen LogP contribution in [-0.4, -0.2) is 23.1 Å². The van der Waals surface area contributed by atoms with E-state index in [1.165, 1.54) is 12.1 Å². The molecule has 1 aliphatic rings. The first kappa shape index (κ1) is 14.8. The molecule has 2 atom stereocenters. The van der Waals surface area contributed by atoms with Gasteiger partial charge in [-0.25, -0.2) is 9.18 Å². The number of carbonyl (C=O) groups is 2. The van der Waals surface area contributed by atoms with E-state index in [2.05, 4.69) is 10.6 Å². The monoisotopic (exact) mass is 291 g/mol. The second-order valence-electron chi connectivity index (χ2n) is 4.95. The molecule has 3 N–H and O–H groups in total. The summed E-state index contributed by atoms with van der Waals surface area (Å²) in [5.74, 6) is -2.00. The highest BCUT2D eigenvalue weighted by Crippen LogP contribution is 2.25. The molecule has 0 aliphatic heterocycles. The lowest BCUT2D eigenvalue weighted by molar-refractivity contribution is -0.141. The molecule has 110 valence electrons. The molecule has 1 aromatic rings. The maximum Gasteiger partial charge on any atom is 0.319 e. The molecule has 6 nitrogen and oxygen atoms in total. The molecule has 1 fully saturated rings. The quantitative estimate of drug-likeness (QED) is 0.793. The Labute approximate surface area is 120 Å². The fraction of sp³-hybridized carbons (Fsp3) is 0.357. The van der Waals surface area contributed by atoms with Gasteiger partial charge in [0.15, 0.2) is 0 Å². The normalized spacial score (nSPS) is 20.6. The number of benzene rings is 1. The number of aliphatic carboxylic acids is 1. The maximum atomic E-state index is 13.6. The summed E-state index contributed by atoms with van der Waals surface area (Å²) in [6.07, 6.45) is 1.48. The molecule has 0 heterocycles. The number of nitrogens with zero attached hydrogens (tertiary/aromatic N) is 1. The summed E-state index contributed by atoms with van der Waals surface area (Å²) in [5.41, 5.74) is 0.137. The van der Waals surface area contributed by atoms with Gasteiger partial charge in [-0.15, -0.1) is 0 Å². The SMILES string of the molecule is N#Cc1ccc(NC(=O)N[C@H]2CC[C@@H](C(=O)O)C2)c(F)c1. The minimum absolute atomic E-state index is 0.0284. The number of halogens is 1. The first-order valence-electron chi connectivity index (χ1n) is 6.49. The molecule has 0 saturated heterocycles. The molecule has 0 aromatic heterocycles. The number of carboxylic acid groups (broad SMARTS) is 1. The minimum Gasteiger partial charge on any atom is -0.481 e. The van der Waals surface area contributed by atoms with Crippen LogP contribution in [0.1, 0.15) is 24.8 Å². The average molecular weight is 291 g/mol. The summed E-state index contributed by atoms with van der Waals surface area (Å²) in [7, 11) is 0. The zero-order valence-electron chi connectivity index (χ0n) is 11.1. The van der Waals surface area contributed by atoms with Gasteiger partial charge in [0, 0.05) is 6.04 Å². The highest BCUT2D eigenvalue weighted by molar-refractivity contribution is 5.89. The van der Waals surface area contributed by atoms with E-state index in [0.717, 1.165) is 6.07 Å². The van der Waals surface area contributed by atoms with Crippen LogP contribution in [0, 0.1) is 23.1 Å². The van der Waals surface area contributed by atoms with E-state index in [9.17, 15) is 14.0 Å². The van der Waals surface area contributed by atoms with Gasteiger partial charge in [-0.3, -0.25) is 4.79 Å². The molecule has 7 heteroatoms. The number of anilines is 1. The van der Waals surface area contributed by atoms with E-state index in [-0.39, 0.29) is 17.3 Å². The summed E-state index contributed by atoms with van der Waals surface area (Å²) in [6, 6.07) is 4.72. The van der Waals surface area contributed by atoms with Gasteiger partial charge in [0.25, 0.3) is 0 Å². The number of hydrogen-bond acceptors (Lipinski definition) is 3. The van der Waals surface area contributed by atoms with Crippen molar-refractivity contribution in [1.82, 2.24) is 5.32 Å². The lowest BCUT2D eigenvalue weighted by Crippen LogP contribution is -2.36. The van der Waals surface area contributed by atoms with Crippen molar-refractivity contribution in [2.75, 3.05) is 5.32 Å². The minimum atomic E-state index is -0.863. The van der Waals surface area contributed by atoms with Gasteiger partial charge < -0.3 is 15.7 Å². The number of urea groups is 1. The van der Waals surface area contributed by atoms with Crippen LogP contribution in [0.3, 0.4) is 0 Å². The fourth-order valence-corrected chi connectivity index (χ4v) is 2.37. The van der Waals surface area contributed by atoms with Crippen molar-refractivity contribution >= 4 is 17.7 Å². The van der Waals surface area contributed by atoms with Crippen molar-refractivity contribution in [3.63, 3.8) is 0 Å². The highest BCUT2D eigenvalue weighted by Gasteiger charge is 2.30. The number of nitriles is 1. The average Bonchev–Trinajstić information content (AvgIpc) is 2.89. The third-order valence-corrected chi connectivity index (χ3v) is 3.46. The maximum absolute atomic E-state index is 13.6. The zero-order valence-corrected chi connectivity index (χ0v) is 11.1. The molecule has 0 unspecified atom stereocenters. The van der Waals surface area contributed by atoms with Crippen molar-refractivity contribution in [3.05, 3.63) is 29.6 Å². The van der Waals surface area contributed by atoms with Crippen LogP contribution < -0.4 is 10.6 Å². The number of rotatable bonds is 3. The van der Waals surface area contributed by atoms with Crippen molar-refractivity contribution in [2.45, 2.75) is 25.3 Å². The van der Waals surface area contributed by atoms with Crippen LogP contribution in [-0.2, 0) is 4.79 Å². The summed E-state index contributed by atoms with van der Waals surface area (Å²) in [6.45, 7) is 0. The van der Waals surface area contributed by atoms with Crippen LogP contribution in [0.15, 0.2) is 18.2 Å². The first-order chi connectivity index (χ1) is 9.99. The molecule has 1 saturated carbocycles. The molecule has 0 radical (unpaired) electrons. The van der Waals surface area contributed by atoms with Crippen molar-refractivity contribution in [2.24, 2.45) is 5.92 Å². The van der Waals surface area contributed by atoms with E-state index in [0.29, 0.717) is 19.3 Å². The Hall–Kier alpha value is -2.62. The Balaban J connectivity index is 1.91. The number of amides is 2. The highest BCUT2D eigenvalue weighted by atomic mass is 19.1. The van der Waals surface area contributed by atoms with Crippen LogP contribution in [0.5, 0.6) is 0 Å². The van der Waals surface area contributed by atoms with Gasteiger partial charge in [-0.1, -0.05) is 0 Å². The van der Waals surface area contributed by atoms with E-state index < -0.39 is 23.7 Å². The molecular formula is C14H14FN3O3. The summed E-state index contributed by atoms with van der Waals surface area (Å²) >= 11 is 0. The Morgan fingerprint density at radius 2 is 2.14 bits per heavy atom. The van der Waals surface area contributed by atoms with Crippen LogP contribution in [0.4, 0.5) is 14.9 Å². The second kappa shape index (κ2) is 6.22. The number of carbonyl (C=O) groups excluding carboxylic acids is 1. The topological polar surface area (TPSA) is 102 Å². The molecule has 0 bridgehead atoms. The summed E-state index contributed by atoms with van der Waals surface area (Å²) in [4.78, 5) is 22.6. The third-order valence-electron chi connectivity index (χ3n) is 3.46. The van der Waals surface area contributed by atoms with E-state index >= 15 is 0 Å². The van der Waals surface area contributed by atoms with Crippen molar-refractivity contribution < 1.29 is 19.1 Å². The van der Waals surface area contributed by atoms with E-state index in [4.69, 9.17) is 10.4 Å². The molecule has 1 aromatic carbocycles. The van der Waals surface area contributed by atoms with E-state index in [1.54, 1.807) is 6.07 Å². The molecule has 2 amide bonds. The van der Waals surface area contributed by atoms with Gasteiger partial charge in [-0.05, 0) is 37.5 Å². The predicted octanol–water partition coefficient (Wildman–Crippen LogP) is 2.07. The molecule has 0 spiro atoms. The summed E-state index contributed by atoms with van der Waals surface area (Å²) in [5, 5.41) is 22.5. The molecule has 1 aliphatic carbocycles. The lowest BCUT2D eigenvalue weighted by atomic mass is 10.1. The fourth-order valence-electron chi connectivity index (χ4n) is 2.37. The van der Waals surface area contributed by atoms with Crippen LogP contribution in [0.25, 0.3) is 0 Å². The molecular weight excluding hydrogens is 277 g/mol. The first-order valence-corrected chi connectivity index (χ1v) is 6.49. The Morgan fingerprint density at radius 3 is 2.71 bits per heavy atom. The largest absolute Gasteiger partial charge is 0.481 e. The standard InChI is InChI=1S/C14H14FN3O3/c15-11-5-8(7-16)1-4-12(11)18-14(21)17-10-3-2-9(6-10)13(19)20/h1,4-5,9-10H,2-3,6H2,(H,19,20)(H2,17,18,21)/t9-,10+/m1/s1. The summed E-state index contributed by atoms with van der Waals surface area (Å²) < 4.78 is 13.6. The van der Waals surface area contributed by atoms with Crippen molar-refractivity contribution in [3.8, 4) is 6.07 Å². The number of nitrogens with one attached hydrogen (secondary N) is 2. The van der Waals surface area contributed by atoms with E-state index in [1.807, 2.05) is 0 Å². The molecule has 2 rings (SSSR count). The Morgan fingerprint density at radius 1 is 1.38 bits per heavy atom. The Bertz CT molecular complexity index is 612. The zero-order chi connectivity index (χ0) is 15.4. The Kier molecular flexibility index (Phi) is 4.38. The van der Waals surface area contributed by atoms with Gasteiger partial charge in [0.05, 0.1) is 23.2 Å². The van der Waals surface area contributed by atoms with Crippen LogP contribution in [0.2, 0.25) is 0 Å². The number of hydrogen-bond donors (Lipinski definition) is 3. The van der Waals surface area contributed by atoms with Gasteiger partial charge >= 0.3 is 12.0 Å². The van der Waals surface area contributed by atoms with Crippen LogP contribution >= 0.6 is 0 Å². The smallest absolute Gasteiger partial charge is 0.319 e. The van der Waals surface area contributed by atoms with Gasteiger partial charge in [0.1, 0.15) is 5.82 Å². The number of carboxylic acids is 1. The van der Waals surface area contributed by atoms with Gasteiger partial charge in [-0.2, -0.15) is 5.26 Å². The second-order valence-corrected chi connectivity index (χ2v) is 4.95.